The Balaban J connectivity index is 0.000000364. The molecule has 2 fully saturated rings. The van der Waals surface area contributed by atoms with Crippen LogP contribution in [-0.4, -0.2) is 0 Å². The summed E-state index contributed by atoms with van der Waals surface area (Å²) in [6, 6.07) is 0. The number of rotatable bonds is 0. The van der Waals surface area contributed by atoms with Gasteiger partial charge in [-0.25, -0.2) is 0 Å². The molecule has 2 atom stereocenters. The van der Waals surface area contributed by atoms with Crippen LogP contribution in [0.25, 0.3) is 0 Å². The summed E-state index contributed by atoms with van der Waals surface area (Å²) in [7, 11) is 0. The molecular formula is C20H38Co. The smallest absolute Gasteiger partial charge is 0 e. The minimum atomic E-state index is 0. The number of hydrogen-bond donors (Lipinski definition) is 0. The zero-order chi connectivity index (χ0) is 15.8. The van der Waals surface area contributed by atoms with Gasteiger partial charge in [-0.3, -0.25) is 0 Å². The van der Waals surface area contributed by atoms with Gasteiger partial charge >= 0.3 is 0 Å². The molecule has 0 saturated heterocycles. The van der Waals surface area contributed by atoms with Crippen LogP contribution in [0.3, 0.4) is 0 Å². The molecule has 0 spiro atoms. The van der Waals surface area contributed by atoms with Crippen molar-refractivity contribution in [2.24, 2.45) is 47.3 Å². The summed E-state index contributed by atoms with van der Waals surface area (Å²) < 4.78 is 0. The molecule has 0 aromatic rings. The van der Waals surface area contributed by atoms with E-state index in [0.717, 1.165) is 47.3 Å². The van der Waals surface area contributed by atoms with Crippen molar-refractivity contribution in [1.29, 1.82) is 0 Å². The fourth-order valence-electron chi connectivity index (χ4n) is 4.33. The molecule has 0 aliphatic heterocycles. The largest absolute Gasteiger partial charge is 0.0620 e. The van der Waals surface area contributed by atoms with E-state index in [4.69, 9.17) is 0 Å². The Labute approximate surface area is 145 Å². The Hall–Kier alpha value is 0.506. The molecule has 2 rings (SSSR count). The van der Waals surface area contributed by atoms with Crippen LogP contribution in [0.15, 0.2) is 0 Å². The fourth-order valence-corrected chi connectivity index (χ4v) is 4.33. The quantitative estimate of drug-likeness (QED) is 0.488. The van der Waals surface area contributed by atoms with Crippen LogP contribution in [-0.2, 0) is 16.8 Å². The van der Waals surface area contributed by atoms with Crippen LogP contribution in [0.4, 0.5) is 0 Å². The molecule has 0 nitrogen and oxygen atoms in total. The second kappa shape index (κ2) is 8.38. The summed E-state index contributed by atoms with van der Waals surface area (Å²) in [5.74, 6) is 10.4. The first kappa shape index (κ1) is 21.5. The molecule has 0 N–H and O–H groups in total. The van der Waals surface area contributed by atoms with Crippen LogP contribution < -0.4 is 0 Å². The summed E-state index contributed by atoms with van der Waals surface area (Å²) >= 11 is 0. The third-order valence-corrected chi connectivity index (χ3v) is 7.71. The summed E-state index contributed by atoms with van der Waals surface area (Å²) in [5.41, 5.74) is 0. The Morgan fingerprint density at radius 3 is 0.714 bits per heavy atom. The van der Waals surface area contributed by atoms with Crippen LogP contribution in [0.1, 0.15) is 69.2 Å². The van der Waals surface area contributed by atoms with Gasteiger partial charge in [-0.1, -0.05) is 69.2 Å². The predicted molar refractivity (Wildman–Crippen MR) is 91.1 cm³/mol. The molecular weight excluding hydrogens is 299 g/mol. The van der Waals surface area contributed by atoms with Crippen LogP contribution in [0.2, 0.25) is 0 Å². The molecule has 0 aromatic heterocycles. The van der Waals surface area contributed by atoms with Gasteiger partial charge in [0.05, 0.1) is 0 Å². The monoisotopic (exact) mass is 337 g/mol. The maximum Gasteiger partial charge on any atom is 0 e. The van der Waals surface area contributed by atoms with E-state index in [1.807, 2.05) is 0 Å². The van der Waals surface area contributed by atoms with E-state index in [1.54, 1.807) is 11.8 Å². The van der Waals surface area contributed by atoms with E-state index in [1.165, 1.54) is 0 Å². The van der Waals surface area contributed by atoms with E-state index in [9.17, 15) is 0 Å². The van der Waals surface area contributed by atoms with Crippen LogP contribution in [0, 0.1) is 59.2 Å². The zero-order valence-corrected chi connectivity index (χ0v) is 17.0. The number of hydrogen-bond acceptors (Lipinski definition) is 0. The molecule has 3 radical (unpaired) electrons. The summed E-state index contributed by atoms with van der Waals surface area (Å²) in [5, 5.41) is 0. The average Bonchev–Trinajstić information content (AvgIpc) is 2.71. The standard InChI is InChI=1S/C10H20.C10H18.Co/c2*1-6-7(2)9(4)10(5)8(6)3;/h6-10H,1-5H3;6-8H,1-5H3;. The van der Waals surface area contributed by atoms with Crippen molar-refractivity contribution in [2.75, 3.05) is 0 Å². The van der Waals surface area contributed by atoms with Crippen molar-refractivity contribution in [2.45, 2.75) is 69.2 Å². The normalized spacial score (nSPS) is 47.7. The molecule has 0 aromatic carbocycles. The Morgan fingerprint density at radius 1 is 0.429 bits per heavy atom. The molecule has 2 aliphatic carbocycles. The van der Waals surface area contributed by atoms with E-state index in [-0.39, 0.29) is 16.8 Å². The van der Waals surface area contributed by atoms with Gasteiger partial charge in [0.1, 0.15) is 0 Å². The Morgan fingerprint density at radius 2 is 0.619 bits per heavy atom. The van der Waals surface area contributed by atoms with Gasteiger partial charge in [-0.05, 0) is 59.2 Å². The van der Waals surface area contributed by atoms with E-state index in [0.29, 0.717) is 0 Å². The first-order valence-electron chi connectivity index (χ1n) is 8.78. The second-order valence-electron chi connectivity index (χ2n) is 8.10. The van der Waals surface area contributed by atoms with Gasteiger partial charge in [0.15, 0.2) is 0 Å². The third-order valence-electron chi connectivity index (χ3n) is 7.71. The average molecular weight is 337 g/mol. The molecule has 2 unspecified atom stereocenters. The first-order valence-corrected chi connectivity index (χ1v) is 8.78. The van der Waals surface area contributed by atoms with Gasteiger partial charge in [-0.2, -0.15) is 0 Å². The molecule has 127 valence electrons. The molecule has 0 amide bonds. The van der Waals surface area contributed by atoms with Crippen molar-refractivity contribution in [3.8, 4) is 0 Å². The SMILES string of the molecule is CC1C(C)C(C)C(C)C1C.C[C]1[C](C)C(C)C(C)C1C.[Co]. The summed E-state index contributed by atoms with van der Waals surface area (Å²) in [6.45, 7) is 23.6. The van der Waals surface area contributed by atoms with Gasteiger partial charge in [-0.15, -0.1) is 0 Å². The Bertz CT molecular complexity index is 181. The second-order valence-corrected chi connectivity index (χ2v) is 8.10. The fraction of sp³-hybridized carbons (Fsp3) is 0.900. The van der Waals surface area contributed by atoms with Crippen LogP contribution >= 0.6 is 0 Å². The molecule has 1 heteroatoms. The van der Waals surface area contributed by atoms with Crippen molar-refractivity contribution >= 4 is 0 Å². The van der Waals surface area contributed by atoms with E-state index in [2.05, 4.69) is 69.2 Å². The Kier molecular flexibility index (Phi) is 8.59. The van der Waals surface area contributed by atoms with E-state index < -0.39 is 0 Å². The predicted octanol–water partition coefficient (Wildman–Crippen LogP) is 6.28. The van der Waals surface area contributed by atoms with Crippen molar-refractivity contribution in [3.63, 3.8) is 0 Å². The van der Waals surface area contributed by atoms with Gasteiger partial charge in [0, 0.05) is 16.8 Å². The molecule has 0 heterocycles. The molecule has 2 saturated carbocycles. The maximum atomic E-state index is 2.40. The summed E-state index contributed by atoms with van der Waals surface area (Å²) in [6.07, 6.45) is 0. The van der Waals surface area contributed by atoms with Crippen molar-refractivity contribution in [3.05, 3.63) is 11.8 Å². The van der Waals surface area contributed by atoms with Gasteiger partial charge in [0.25, 0.3) is 0 Å². The first-order chi connectivity index (χ1) is 9.11. The minimum Gasteiger partial charge on any atom is -0.0620 e. The van der Waals surface area contributed by atoms with E-state index >= 15 is 0 Å². The van der Waals surface area contributed by atoms with Crippen molar-refractivity contribution in [1.82, 2.24) is 0 Å². The minimum absolute atomic E-state index is 0. The van der Waals surface area contributed by atoms with Gasteiger partial charge < -0.3 is 0 Å². The van der Waals surface area contributed by atoms with Crippen molar-refractivity contribution < 1.29 is 16.8 Å². The molecule has 21 heavy (non-hydrogen) atoms. The third kappa shape index (κ3) is 4.28. The van der Waals surface area contributed by atoms with Crippen LogP contribution in [0.5, 0.6) is 0 Å². The zero-order valence-electron chi connectivity index (χ0n) is 16.0. The summed E-state index contributed by atoms with van der Waals surface area (Å²) in [4.78, 5) is 0. The topological polar surface area (TPSA) is 0 Å². The van der Waals surface area contributed by atoms with Gasteiger partial charge in [0.2, 0.25) is 0 Å². The maximum absolute atomic E-state index is 2.40. The molecule has 2 aliphatic rings. The molecule has 0 bridgehead atoms.